The molecule has 1 heteroatoms. The summed E-state index contributed by atoms with van der Waals surface area (Å²) >= 11 is 0. The molecule has 0 radical (unpaired) electrons. The van der Waals surface area contributed by atoms with Crippen LogP contribution in [0.2, 0.25) is 0 Å². The van der Waals surface area contributed by atoms with Crippen molar-refractivity contribution in [1.82, 2.24) is 0 Å². The molecule has 100 valence electrons. The van der Waals surface area contributed by atoms with Crippen LogP contribution >= 0.6 is 0 Å². The van der Waals surface area contributed by atoms with Crippen LogP contribution in [0.1, 0.15) is 51.7 Å². The number of allylic oxidation sites excluding steroid dienone is 2. The molecule has 0 amide bonds. The summed E-state index contributed by atoms with van der Waals surface area (Å²) in [6.07, 6.45) is 9.14. The Labute approximate surface area is 115 Å². The first-order chi connectivity index (χ1) is 8.81. The highest BCUT2D eigenvalue weighted by Gasteiger charge is 2.43. The average Bonchev–Trinajstić information content (AvgIpc) is 2.32. The Hall–Kier alpha value is -1.55. The maximum absolute atomic E-state index is 14.3. The number of terminal acetylenes is 1. The number of hydrogen-bond donors (Lipinski definition) is 0. The third kappa shape index (κ3) is 2.10. The largest absolute Gasteiger partial charge is 0.207 e. The molecule has 0 unspecified atom stereocenters. The first-order valence-electron chi connectivity index (χ1n) is 6.76. The molecule has 19 heavy (non-hydrogen) atoms. The zero-order chi connectivity index (χ0) is 14.3. The van der Waals surface area contributed by atoms with Crippen molar-refractivity contribution >= 4 is 5.57 Å². The molecule has 0 saturated heterocycles. The summed E-state index contributed by atoms with van der Waals surface area (Å²) in [5.74, 6) is 2.56. The quantitative estimate of drug-likeness (QED) is 0.657. The first kappa shape index (κ1) is 13.9. The Bertz CT molecular complexity index is 568. The highest BCUT2D eigenvalue weighted by Crippen LogP contribution is 2.51. The van der Waals surface area contributed by atoms with E-state index in [9.17, 15) is 4.39 Å². The van der Waals surface area contributed by atoms with Gasteiger partial charge < -0.3 is 0 Å². The van der Waals surface area contributed by atoms with E-state index in [1.54, 1.807) is 12.1 Å². The van der Waals surface area contributed by atoms with Gasteiger partial charge in [0.05, 0.1) is 0 Å². The standard InChI is InChI=1S/C18H21F/c1-6-7-9-13-12-17(2,3)18(4,5)16-14(13)10-8-11-15(16)19/h1,8,10-12H,7,9H2,2-5H3. The maximum atomic E-state index is 14.3. The summed E-state index contributed by atoms with van der Waals surface area (Å²) in [6.45, 7) is 8.56. The minimum atomic E-state index is -0.229. The lowest BCUT2D eigenvalue weighted by molar-refractivity contribution is 0.254. The minimum Gasteiger partial charge on any atom is -0.207 e. The smallest absolute Gasteiger partial charge is 0.127 e. The Morgan fingerprint density at radius 2 is 1.89 bits per heavy atom. The van der Waals surface area contributed by atoms with E-state index in [0.29, 0.717) is 6.42 Å². The number of halogens is 1. The molecule has 0 bridgehead atoms. The monoisotopic (exact) mass is 256 g/mol. The zero-order valence-electron chi connectivity index (χ0n) is 12.2. The molecule has 0 saturated carbocycles. The van der Waals surface area contributed by atoms with Crippen LogP contribution in [0, 0.1) is 23.6 Å². The van der Waals surface area contributed by atoms with Crippen molar-refractivity contribution in [3.05, 3.63) is 41.2 Å². The van der Waals surface area contributed by atoms with Crippen LogP contribution in [0.3, 0.4) is 0 Å². The topological polar surface area (TPSA) is 0 Å². The highest BCUT2D eigenvalue weighted by molar-refractivity contribution is 5.73. The second-order valence-corrected chi connectivity index (χ2v) is 6.38. The van der Waals surface area contributed by atoms with E-state index < -0.39 is 0 Å². The van der Waals surface area contributed by atoms with Crippen LogP contribution in [0.4, 0.5) is 4.39 Å². The number of fused-ring (bicyclic) bond motifs is 1. The normalized spacial score (nSPS) is 19.3. The molecule has 0 N–H and O–H groups in total. The van der Waals surface area contributed by atoms with Crippen molar-refractivity contribution in [2.24, 2.45) is 5.41 Å². The zero-order valence-corrected chi connectivity index (χ0v) is 12.2. The second-order valence-electron chi connectivity index (χ2n) is 6.38. The second kappa shape index (κ2) is 4.53. The molecule has 0 fully saturated rings. The molecule has 1 aromatic carbocycles. The predicted molar refractivity (Wildman–Crippen MR) is 79.3 cm³/mol. The van der Waals surface area contributed by atoms with E-state index in [0.717, 1.165) is 17.5 Å². The summed E-state index contributed by atoms with van der Waals surface area (Å²) < 4.78 is 14.3. The van der Waals surface area contributed by atoms with E-state index in [1.807, 2.05) is 6.07 Å². The summed E-state index contributed by atoms with van der Waals surface area (Å²) in [6, 6.07) is 5.35. The van der Waals surface area contributed by atoms with Gasteiger partial charge in [-0.05, 0) is 29.0 Å². The summed E-state index contributed by atoms with van der Waals surface area (Å²) in [5, 5.41) is 0. The Morgan fingerprint density at radius 1 is 1.21 bits per heavy atom. The van der Waals surface area contributed by atoms with Crippen LogP contribution in [0.15, 0.2) is 24.3 Å². The van der Waals surface area contributed by atoms with E-state index in [2.05, 4.69) is 39.7 Å². The van der Waals surface area contributed by atoms with Crippen LogP contribution in [-0.2, 0) is 5.41 Å². The van der Waals surface area contributed by atoms with Crippen molar-refractivity contribution in [1.29, 1.82) is 0 Å². The van der Waals surface area contributed by atoms with Crippen molar-refractivity contribution in [2.75, 3.05) is 0 Å². The van der Waals surface area contributed by atoms with Crippen molar-refractivity contribution in [2.45, 2.75) is 46.0 Å². The Morgan fingerprint density at radius 3 is 2.53 bits per heavy atom. The molecule has 0 aromatic heterocycles. The molecule has 1 aromatic rings. The maximum Gasteiger partial charge on any atom is 0.127 e. The molecule has 0 heterocycles. The van der Waals surface area contributed by atoms with Gasteiger partial charge in [0.1, 0.15) is 5.82 Å². The molecule has 1 aliphatic rings. The van der Waals surface area contributed by atoms with Gasteiger partial charge in [-0.3, -0.25) is 0 Å². The average molecular weight is 256 g/mol. The van der Waals surface area contributed by atoms with Gasteiger partial charge in [0, 0.05) is 17.4 Å². The molecule has 0 atom stereocenters. The molecule has 1 aliphatic carbocycles. The third-order valence-electron chi connectivity index (χ3n) is 4.67. The lowest BCUT2D eigenvalue weighted by Crippen LogP contribution is -2.39. The number of benzene rings is 1. The summed E-state index contributed by atoms with van der Waals surface area (Å²) in [4.78, 5) is 0. The lowest BCUT2D eigenvalue weighted by Gasteiger charge is -2.45. The molecule has 0 spiro atoms. The van der Waals surface area contributed by atoms with Crippen LogP contribution in [0.5, 0.6) is 0 Å². The van der Waals surface area contributed by atoms with Gasteiger partial charge in [0.2, 0.25) is 0 Å². The van der Waals surface area contributed by atoms with Gasteiger partial charge in [0.15, 0.2) is 0 Å². The molecule has 0 nitrogen and oxygen atoms in total. The number of rotatable bonds is 2. The van der Waals surface area contributed by atoms with Crippen LogP contribution in [0.25, 0.3) is 5.57 Å². The minimum absolute atomic E-state index is 0.0911. The van der Waals surface area contributed by atoms with E-state index >= 15 is 0 Å². The fourth-order valence-corrected chi connectivity index (χ4v) is 2.86. The third-order valence-corrected chi connectivity index (χ3v) is 4.67. The SMILES string of the molecule is C#CCCC1=CC(C)(C)C(C)(C)c2c(F)cccc21. The fraction of sp³-hybridized carbons (Fsp3) is 0.444. The summed E-state index contributed by atoms with van der Waals surface area (Å²) in [5.41, 5.74) is 2.71. The lowest BCUT2D eigenvalue weighted by atomic mass is 9.58. The van der Waals surface area contributed by atoms with E-state index in [-0.39, 0.29) is 16.6 Å². The Kier molecular flexibility index (Phi) is 3.31. The molecular weight excluding hydrogens is 235 g/mol. The van der Waals surface area contributed by atoms with Crippen molar-refractivity contribution < 1.29 is 4.39 Å². The van der Waals surface area contributed by atoms with Gasteiger partial charge in [-0.25, -0.2) is 4.39 Å². The van der Waals surface area contributed by atoms with E-state index in [1.165, 1.54) is 5.57 Å². The molecular formula is C18H21F. The summed E-state index contributed by atoms with van der Waals surface area (Å²) in [7, 11) is 0. The van der Waals surface area contributed by atoms with Gasteiger partial charge in [-0.15, -0.1) is 12.3 Å². The highest BCUT2D eigenvalue weighted by atomic mass is 19.1. The van der Waals surface area contributed by atoms with Gasteiger partial charge in [-0.1, -0.05) is 45.9 Å². The Balaban J connectivity index is 2.65. The van der Waals surface area contributed by atoms with Gasteiger partial charge >= 0.3 is 0 Å². The first-order valence-corrected chi connectivity index (χ1v) is 6.76. The fourth-order valence-electron chi connectivity index (χ4n) is 2.86. The predicted octanol–water partition coefficient (Wildman–Crippen LogP) is 4.94. The van der Waals surface area contributed by atoms with Gasteiger partial charge in [0.25, 0.3) is 0 Å². The van der Waals surface area contributed by atoms with Gasteiger partial charge in [-0.2, -0.15) is 0 Å². The van der Waals surface area contributed by atoms with E-state index in [4.69, 9.17) is 6.42 Å². The van der Waals surface area contributed by atoms with Crippen molar-refractivity contribution in [3.8, 4) is 12.3 Å². The van der Waals surface area contributed by atoms with Crippen LogP contribution in [-0.4, -0.2) is 0 Å². The molecule has 0 aliphatic heterocycles. The van der Waals surface area contributed by atoms with Crippen LogP contribution < -0.4 is 0 Å². The van der Waals surface area contributed by atoms with Crippen molar-refractivity contribution in [3.63, 3.8) is 0 Å². The number of hydrogen-bond acceptors (Lipinski definition) is 0. The molecule has 2 rings (SSSR count).